The number of esters is 3. The van der Waals surface area contributed by atoms with Crippen molar-refractivity contribution >= 4 is 17.9 Å². The number of piperidine rings is 2. The zero-order valence-corrected chi connectivity index (χ0v) is 39.7. The van der Waals surface area contributed by atoms with Gasteiger partial charge in [0.05, 0.1) is 17.8 Å². The maximum atomic E-state index is 13.4. The fourth-order valence-electron chi connectivity index (χ4n) is 10.7. The number of ether oxygens (including phenoxy) is 3. The molecule has 61 heavy (non-hydrogen) atoms. The molecule has 0 spiro atoms. The topological polar surface area (TPSA) is 85.4 Å². The minimum atomic E-state index is -0.367. The van der Waals surface area contributed by atoms with E-state index in [1.807, 2.05) is 0 Å². The Hall–Kier alpha value is -2.19. The summed E-state index contributed by atoms with van der Waals surface area (Å²) >= 11 is 0. The van der Waals surface area contributed by atoms with Crippen molar-refractivity contribution in [1.82, 2.24) is 9.80 Å². The van der Waals surface area contributed by atoms with Crippen LogP contribution >= 0.6 is 0 Å². The second-order valence-electron chi connectivity index (χ2n) is 19.7. The molecule has 1 unspecified atom stereocenters. The molecule has 2 heterocycles. The average Bonchev–Trinajstić information content (AvgIpc) is 3.30. The predicted molar refractivity (Wildman–Crippen MR) is 250 cm³/mol. The summed E-state index contributed by atoms with van der Waals surface area (Å²) in [6.07, 6.45) is 41.1. The van der Waals surface area contributed by atoms with Crippen molar-refractivity contribution < 1.29 is 28.6 Å². The summed E-state index contributed by atoms with van der Waals surface area (Å²) in [5, 5.41) is 0. The molecule has 0 aromatic heterocycles. The Labute approximate surface area is 374 Å². The molecule has 2 aliphatic heterocycles. The summed E-state index contributed by atoms with van der Waals surface area (Å²) in [6, 6.07) is 0.619. The molecule has 0 bridgehead atoms. The molecule has 350 valence electrons. The Morgan fingerprint density at radius 3 is 1.67 bits per heavy atom. The van der Waals surface area contributed by atoms with Gasteiger partial charge in [0, 0.05) is 12.5 Å². The van der Waals surface area contributed by atoms with E-state index in [4.69, 9.17) is 14.2 Å². The van der Waals surface area contributed by atoms with Gasteiger partial charge < -0.3 is 24.0 Å². The smallest absolute Gasteiger partial charge is 0.309 e. The Balaban J connectivity index is 1.14. The SMILES string of the molecule is CCCCC/C=C\C/C=C\CCCCCCCC(=O)OCC(COC(=O)C1CCN(C2CCN(CC)CC2)CC1)COC(=O)[C@H]1CC[C@H]([C@H]2CC[C@H](CCCCC)CC2)CC1. The first-order valence-corrected chi connectivity index (χ1v) is 26.1. The van der Waals surface area contributed by atoms with Crippen LogP contribution in [0.1, 0.15) is 201 Å². The van der Waals surface area contributed by atoms with Gasteiger partial charge in [-0.3, -0.25) is 14.4 Å². The van der Waals surface area contributed by atoms with Gasteiger partial charge in [-0.1, -0.05) is 116 Å². The molecule has 8 nitrogen and oxygen atoms in total. The molecule has 2 aliphatic carbocycles. The van der Waals surface area contributed by atoms with Crippen molar-refractivity contribution in [3.63, 3.8) is 0 Å². The third-order valence-electron chi connectivity index (χ3n) is 15.0. The first-order valence-electron chi connectivity index (χ1n) is 26.1. The van der Waals surface area contributed by atoms with Crippen LogP contribution in [0.2, 0.25) is 0 Å². The van der Waals surface area contributed by atoms with Gasteiger partial charge in [0.15, 0.2) is 0 Å². The molecule has 2 saturated heterocycles. The third-order valence-corrected chi connectivity index (χ3v) is 15.0. The molecule has 4 fully saturated rings. The van der Waals surface area contributed by atoms with Crippen LogP contribution < -0.4 is 0 Å². The number of rotatable bonds is 29. The van der Waals surface area contributed by atoms with E-state index in [1.165, 1.54) is 103 Å². The molecular weight excluding hydrogens is 761 g/mol. The summed E-state index contributed by atoms with van der Waals surface area (Å²) in [5.74, 6) is 1.43. The minimum absolute atomic E-state index is 0.0648. The van der Waals surface area contributed by atoms with E-state index in [0.29, 0.717) is 12.5 Å². The van der Waals surface area contributed by atoms with Crippen molar-refractivity contribution in [2.24, 2.45) is 35.5 Å². The van der Waals surface area contributed by atoms with E-state index >= 15 is 0 Å². The van der Waals surface area contributed by atoms with E-state index in [-0.39, 0.29) is 55.5 Å². The Morgan fingerprint density at radius 2 is 1.07 bits per heavy atom. The van der Waals surface area contributed by atoms with Gasteiger partial charge >= 0.3 is 17.9 Å². The lowest BCUT2D eigenvalue weighted by molar-refractivity contribution is -0.158. The second kappa shape index (κ2) is 31.6. The molecule has 0 radical (unpaired) electrons. The van der Waals surface area contributed by atoms with E-state index in [1.54, 1.807) is 0 Å². The predicted octanol–water partition coefficient (Wildman–Crippen LogP) is 12.4. The number of allylic oxidation sites excluding steroid dienone is 4. The number of carbonyl (C=O) groups is 3. The van der Waals surface area contributed by atoms with Crippen molar-refractivity contribution in [1.29, 1.82) is 0 Å². The maximum absolute atomic E-state index is 13.4. The lowest BCUT2D eigenvalue weighted by atomic mass is 9.68. The van der Waals surface area contributed by atoms with Crippen LogP contribution in [0.4, 0.5) is 0 Å². The first kappa shape index (κ1) is 51.4. The van der Waals surface area contributed by atoms with Gasteiger partial charge in [0.2, 0.25) is 0 Å². The fourth-order valence-corrected chi connectivity index (χ4v) is 10.7. The molecule has 2 saturated carbocycles. The van der Waals surface area contributed by atoms with Crippen LogP contribution in [0.25, 0.3) is 0 Å². The zero-order valence-electron chi connectivity index (χ0n) is 39.7. The van der Waals surface area contributed by atoms with E-state index in [9.17, 15) is 14.4 Å². The Kier molecular flexibility index (Phi) is 26.7. The van der Waals surface area contributed by atoms with Crippen LogP contribution in [-0.4, -0.2) is 86.3 Å². The molecule has 0 N–H and O–H groups in total. The summed E-state index contributed by atoms with van der Waals surface area (Å²) < 4.78 is 17.6. The molecule has 1 atom stereocenters. The highest BCUT2D eigenvalue weighted by molar-refractivity contribution is 5.73. The summed E-state index contributed by atoms with van der Waals surface area (Å²) in [4.78, 5) is 44.7. The second-order valence-corrected chi connectivity index (χ2v) is 19.7. The summed E-state index contributed by atoms with van der Waals surface area (Å²) in [5.41, 5.74) is 0. The monoisotopic (exact) mass is 853 g/mol. The highest BCUT2D eigenvalue weighted by Gasteiger charge is 2.35. The highest BCUT2D eigenvalue weighted by atomic mass is 16.6. The van der Waals surface area contributed by atoms with Crippen LogP contribution in [0.15, 0.2) is 24.3 Å². The zero-order chi connectivity index (χ0) is 43.3. The van der Waals surface area contributed by atoms with Gasteiger partial charge in [0.1, 0.15) is 19.8 Å². The fraction of sp³-hybridized carbons (Fsp3) is 0.868. The Morgan fingerprint density at radius 1 is 0.541 bits per heavy atom. The summed E-state index contributed by atoms with van der Waals surface area (Å²) in [7, 11) is 0. The normalized spacial score (nSPS) is 24.3. The van der Waals surface area contributed by atoms with E-state index < -0.39 is 0 Å². The number of unbranched alkanes of at least 4 members (excludes halogenated alkanes) is 10. The summed E-state index contributed by atoms with van der Waals surface area (Å²) in [6.45, 7) is 12.4. The van der Waals surface area contributed by atoms with Gasteiger partial charge in [-0.15, -0.1) is 0 Å². The van der Waals surface area contributed by atoms with Crippen LogP contribution in [-0.2, 0) is 28.6 Å². The highest BCUT2D eigenvalue weighted by Crippen LogP contribution is 2.42. The van der Waals surface area contributed by atoms with Crippen molar-refractivity contribution in [2.45, 2.75) is 207 Å². The number of likely N-dealkylation sites (tertiary alicyclic amines) is 2. The van der Waals surface area contributed by atoms with Crippen molar-refractivity contribution in [3.05, 3.63) is 24.3 Å². The number of hydrogen-bond acceptors (Lipinski definition) is 8. The largest absolute Gasteiger partial charge is 0.465 e. The molecule has 4 rings (SSSR count). The maximum Gasteiger partial charge on any atom is 0.309 e. The van der Waals surface area contributed by atoms with Crippen LogP contribution in [0.3, 0.4) is 0 Å². The standard InChI is InChI=1S/C53H92N2O6/c1-4-7-9-10-11-12-13-14-15-16-17-18-19-20-22-24-51(56)59-41-45(43-61-53(58)49-33-39-55(40-34-49)50-35-37-54(6-3)38-36-50)42-60-52(57)48-31-29-47(30-32-48)46-27-25-44(26-28-46)23-21-8-5-2/h11-12,14-15,44-50H,4-10,13,16-43H2,1-3H3/b12-11-,15-14-/t44-,45?,46-,47-,48-. The third kappa shape index (κ3) is 20.9. The number of carbonyl (C=O) groups excluding carboxylic acids is 3. The number of nitrogens with zero attached hydrogens (tertiary/aromatic N) is 2. The average molecular weight is 853 g/mol. The Bertz CT molecular complexity index is 1220. The molecular formula is C53H92N2O6. The molecule has 4 aliphatic rings. The van der Waals surface area contributed by atoms with Crippen LogP contribution in [0.5, 0.6) is 0 Å². The van der Waals surface area contributed by atoms with E-state index in [0.717, 1.165) is 121 Å². The molecule has 0 aromatic carbocycles. The number of hydrogen-bond donors (Lipinski definition) is 0. The van der Waals surface area contributed by atoms with Gasteiger partial charge in [0.25, 0.3) is 0 Å². The lowest BCUT2D eigenvalue weighted by Crippen LogP contribution is -2.48. The molecule has 0 amide bonds. The lowest BCUT2D eigenvalue weighted by Gasteiger charge is -2.41. The molecule has 8 heteroatoms. The van der Waals surface area contributed by atoms with E-state index in [2.05, 4.69) is 54.9 Å². The van der Waals surface area contributed by atoms with Gasteiger partial charge in [-0.25, -0.2) is 0 Å². The van der Waals surface area contributed by atoms with Crippen molar-refractivity contribution in [2.75, 3.05) is 52.5 Å². The van der Waals surface area contributed by atoms with Crippen LogP contribution in [0, 0.1) is 35.5 Å². The quantitative estimate of drug-likeness (QED) is 0.0318. The molecule has 0 aromatic rings. The van der Waals surface area contributed by atoms with Gasteiger partial charge in [-0.2, -0.15) is 0 Å². The van der Waals surface area contributed by atoms with Crippen molar-refractivity contribution in [3.8, 4) is 0 Å². The van der Waals surface area contributed by atoms with Gasteiger partial charge in [-0.05, 0) is 153 Å². The minimum Gasteiger partial charge on any atom is -0.465 e. The first-order chi connectivity index (χ1) is 29.9.